The third-order valence-electron chi connectivity index (χ3n) is 4.61. The van der Waals surface area contributed by atoms with E-state index in [4.69, 9.17) is 14.5 Å². The molecule has 0 bridgehead atoms. The van der Waals surface area contributed by atoms with E-state index in [0.717, 1.165) is 16.5 Å². The van der Waals surface area contributed by atoms with Crippen molar-refractivity contribution in [3.05, 3.63) is 73.2 Å². The van der Waals surface area contributed by atoms with Gasteiger partial charge in [-0.15, -0.1) is 0 Å². The Morgan fingerprint density at radius 1 is 0.966 bits per heavy atom. The van der Waals surface area contributed by atoms with E-state index in [2.05, 4.69) is 9.97 Å². The summed E-state index contributed by atoms with van der Waals surface area (Å²) in [5.74, 6) is 0.680. The van der Waals surface area contributed by atoms with Crippen LogP contribution in [0.2, 0.25) is 0 Å². The largest absolute Gasteiger partial charge is 0.456 e. The van der Waals surface area contributed by atoms with E-state index < -0.39 is 10.0 Å². The van der Waals surface area contributed by atoms with Crippen molar-refractivity contribution in [3.63, 3.8) is 0 Å². The van der Waals surface area contributed by atoms with Crippen LogP contribution < -0.4 is 5.14 Å². The summed E-state index contributed by atoms with van der Waals surface area (Å²) >= 11 is 0. The van der Waals surface area contributed by atoms with E-state index in [-0.39, 0.29) is 4.90 Å². The van der Waals surface area contributed by atoms with E-state index in [0.29, 0.717) is 28.1 Å². The van der Waals surface area contributed by atoms with Crippen molar-refractivity contribution in [1.29, 1.82) is 0 Å². The Morgan fingerprint density at radius 2 is 1.83 bits per heavy atom. The molecule has 0 amide bonds. The number of para-hydroxylation sites is 1. The molecule has 7 nitrogen and oxygen atoms in total. The number of pyridine rings is 3. The van der Waals surface area contributed by atoms with Crippen molar-refractivity contribution in [2.45, 2.75) is 4.90 Å². The van der Waals surface area contributed by atoms with Gasteiger partial charge in [-0.3, -0.25) is 9.97 Å². The van der Waals surface area contributed by atoms with Gasteiger partial charge in [0.05, 0.1) is 11.2 Å². The molecule has 0 aliphatic rings. The molecule has 5 aromatic rings. The quantitative estimate of drug-likeness (QED) is 0.492. The standard InChI is InChI=1S/C21H14N4O3S/c22-29(26,27)15-9-14(11-23-12-15)17-5-6-18-21(25-17)16(7-8-24-18)20-10-13-3-1-2-4-19(13)28-20/h1-12H,(H2,22,26,27). The van der Waals surface area contributed by atoms with Crippen LogP contribution >= 0.6 is 0 Å². The molecule has 0 atom stereocenters. The summed E-state index contributed by atoms with van der Waals surface area (Å²) in [5, 5.41) is 6.21. The average Bonchev–Trinajstić information content (AvgIpc) is 3.16. The summed E-state index contributed by atoms with van der Waals surface area (Å²) in [6.07, 6.45) is 4.46. The molecule has 5 rings (SSSR count). The number of furan rings is 1. The minimum atomic E-state index is -3.86. The van der Waals surface area contributed by atoms with Gasteiger partial charge in [0.2, 0.25) is 10.0 Å². The molecule has 0 fully saturated rings. The number of aromatic nitrogens is 3. The zero-order valence-corrected chi connectivity index (χ0v) is 15.8. The van der Waals surface area contributed by atoms with E-state index in [9.17, 15) is 8.42 Å². The van der Waals surface area contributed by atoms with Crippen LogP contribution in [0.25, 0.3) is 44.6 Å². The molecule has 0 aliphatic carbocycles. The highest BCUT2D eigenvalue weighted by molar-refractivity contribution is 7.89. The van der Waals surface area contributed by atoms with Gasteiger partial charge in [0.15, 0.2) is 0 Å². The Balaban J connectivity index is 1.70. The number of sulfonamides is 1. The Hall–Kier alpha value is -3.62. The molecule has 8 heteroatoms. The van der Waals surface area contributed by atoms with Crippen LogP contribution in [0, 0.1) is 0 Å². The van der Waals surface area contributed by atoms with E-state index in [1.165, 1.54) is 12.3 Å². The van der Waals surface area contributed by atoms with Crippen molar-refractivity contribution in [1.82, 2.24) is 15.0 Å². The lowest BCUT2D eigenvalue weighted by atomic mass is 10.1. The zero-order chi connectivity index (χ0) is 20.0. The number of primary sulfonamides is 1. The molecule has 4 heterocycles. The van der Waals surface area contributed by atoms with Gasteiger partial charge < -0.3 is 4.42 Å². The maximum Gasteiger partial charge on any atom is 0.239 e. The second kappa shape index (κ2) is 6.47. The highest BCUT2D eigenvalue weighted by Crippen LogP contribution is 2.32. The molecule has 4 aromatic heterocycles. The average molecular weight is 402 g/mol. The van der Waals surface area contributed by atoms with Crippen molar-refractivity contribution >= 4 is 32.0 Å². The van der Waals surface area contributed by atoms with Gasteiger partial charge in [-0.2, -0.15) is 0 Å². The van der Waals surface area contributed by atoms with Gasteiger partial charge >= 0.3 is 0 Å². The highest BCUT2D eigenvalue weighted by Gasteiger charge is 2.14. The summed E-state index contributed by atoms with van der Waals surface area (Å²) in [4.78, 5) is 13.0. The molecule has 0 radical (unpaired) electrons. The van der Waals surface area contributed by atoms with Gasteiger partial charge in [-0.05, 0) is 36.4 Å². The lowest BCUT2D eigenvalue weighted by Gasteiger charge is -2.07. The molecular weight excluding hydrogens is 388 g/mol. The fourth-order valence-electron chi connectivity index (χ4n) is 3.21. The molecule has 0 unspecified atom stereocenters. The first-order chi connectivity index (χ1) is 14.0. The smallest absolute Gasteiger partial charge is 0.239 e. The van der Waals surface area contributed by atoms with Gasteiger partial charge in [-0.25, -0.2) is 18.5 Å². The molecule has 0 saturated heterocycles. The highest BCUT2D eigenvalue weighted by atomic mass is 32.2. The van der Waals surface area contributed by atoms with E-state index in [1.54, 1.807) is 18.5 Å². The molecular formula is C21H14N4O3S. The predicted octanol–water partition coefficient (Wildman–Crippen LogP) is 3.75. The van der Waals surface area contributed by atoms with Gasteiger partial charge in [-0.1, -0.05) is 18.2 Å². The monoisotopic (exact) mass is 402 g/mol. The van der Waals surface area contributed by atoms with Crippen LogP contribution in [0.1, 0.15) is 0 Å². The lowest BCUT2D eigenvalue weighted by molar-refractivity contribution is 0.597. The minimum Gasteiger partial charge on any atom is -0.456 e. The number of hydrogen-bond acceptors (Lipinski definition) is 6. The minimum absolute atomic E-state index is 0.0689. The predicted molar refractivity (Wildman–Crippen MR) is 109 cm³/mol. The molecule has 0 aliphatic heterocycles. The second-order valence-corrected chi connectivity index (χ2v) is 8.09. The SMILES string of the molecule is NS(=O)(=O)c1cncc(-c2ccc3nccc(-c4cc5ccccc5o4)c3n2)c1. The zero-order valence-electron chi connectivity index (χ0n) is 15.0. The Labute approximate surface area is 165 Å². The number of benzene rings is 1. The molecule has 142 valence electrons. The summed E-state index contributed by atoms with van der Waals surface area (Å²) < 4.78 is 29.3. The summed E-state index contributed by atoms with van der Waals surface area (Å²) in [7, 11) is -3.86. The summed E-state index contributed by atoms with van der Waals surface area (Å²) in [6, 6.07) is 16.6. The number of rotatable bonds is 3. The van der Waals surface area contributed by atoms with Gasteiger partial charge in [0, 0.05) is 35.1 Å². The molecule has 29 heavy (non-hydrogen) atoms. The molecule has 1 aromatic carbocycles. The second-order valence-electron chi connectivity index (χ2n) is 6.53. The maximum absolute atomic E-state index is 11.6. The number of nitrogens with two attached hydrogens (primary N) is 1. The molecule has 2 N–H and O–H groups in total. The third-order valence-corrected chi connectivity index (χ3v) is 5.49. The fourth-order valence-corrected chi connectivity index (χ4v) is 3.71. The van der Waals surface area contributed by atoms with Crippen molar-refractivity contribution in [2.75, 3.05) is 0 Å². The Bertz CT molecular complexity index is 1460. The Kier molecular flexibility index (Phi) is 3.90. The first kappa shape index (κ1) is 17.5. The van der Waals surface area contributed by atoms with Crippen LogP contribution in [0.15, 0.2) is 82.5 Å². The molecule has 0 saturated carbocycles. The van der Waals surface area contributed by atoms with E-state index in [1.807, 2.05) is 42.5 Å². The van der Waals surface area contributed by atoms with Crippen molar-refractivity contribution < 1.29 is 12.8 Å². The lowest BCUT2D eigenvalue weighted by Crippen LogP contribution is -2.12. The van der Waals surface area contributed by atoms with Crippen molar-refractivity contribution in [3.8, 4) is 22.6 Å². The van der Waals surface area contributed by atoms with Crippen LogP contribution in [-0.2, 0) is 10.0 Å². The molecule has 0 spiro atoms. The number of nitrogens with zero attached hydrogens (tertiary/aromatic N) is 3. The normalized spacial score (nSPS) is 11.9. The van der Waals surface area contributed by atoms with Crippen LogP contribution in [-0.4, -0.2) is 23.4 Å². The third kappa shape index (κ3) is 3.14. The summed E-state index contributed by atoms with van der Waals surface area (Å²) in [5.41, 5.74) is 4.02. The van der Waals surface area contributed by atoms with Crippen LogP contribution in [0.4, 0.5) is 0 Å². The van der Waals surface area contributed by atoms with E-state index >= 15 is 0 Å². The number of hydrogen-bond donors (Lipinski definition) is 1. The maximum atomic E-state index is 11.6. The first-order valence-corrected chi connectivity index (χ1v) is 10.3. The van der Waals surface area contributed by atoms with Crippen LogP contribution in [0.5, 0.6) is 0 Å². The summed E-state index contributed by atoms with van der Waals surface area (Å²) in [6.45, 7) is 0. The first-order valence-electron chi connectivity index (χ1n) is 8.72. The Morgan fingerprint density at radius 3 is 2.66 bits per heavy atom. The van der Waals surface area contributed by atoms with Crippen molar-refractivity contribution in [2.24, 2.45) is 5.14 Å². The fraction of sp³-hybridized carbons (Fsp3) is 0. The van der Waals surface area contributed by atoms with Gasteiger partial charge in [0.1, 0.15) is 21.8 Å². The topological polar surface area (TPSA) is 112 Å². The van der Waals surface area contributed by atoms with Crippen LogP contribution in [0.3, 0.4) is 0 Å². The number of fused-ring (bicyclic) bond motifs is 2. The van der Waals surface area contributed by atoms with Gasteiger partial charge in [0.25, 0.3) is 0 Å².